The number of aromatic amines is 1. The highest BCUT2D eigenvalue weighted by Crippen LogP contribution is 2.09. The third-order valence-corrected chi connectivity index (χ3v) is 1.78. The highest BCUT2D eigenvalue weighted by Gasteiger charge is 1.88. The molecule has 0 atom stereocenters. The summed E-state index contributed by atoms with van der Waals surface area (Å²) in [6.45, 7) is 3.05. The van der Waals surface area contributed by atoms with Crippen molar-refractivity contribution in [2.75, 3.05) is 0 Å². The Morgan fingerprint density at radius 2 is 2.19 bits per heavy atom. The lowest BCUT2D eigenvalue weighted by atomic mass is 10.3. The molecule has 0 radical (unpaired) electrons. The smallest absolute Gasteiger partial charge is 0.345 e. The Balaban J connectivity index is 0.000000168. The van der Waals surface area contributed by atoms with Gasteiger partial charge < -0.3 is 9.72 Å². The molecule has 0 fully saturated rings. The molecule has 16 heavy (non-hydrogen) atoms. The summed E-state index contributed by atoms with van der Waals surface area (Å²) in [6.07, 6.45) is 4.07. The van der Waals surface area contributed by atoms with Crippen LogP contribution in [0.1, 0.15) is 0 Å². The molecule has 1 heterocycles. The number of para-hydroxylation sites is 1. The number of carbonyl (C=O) groups is 1. The summed E-state index contributed by atoms with van der Waals surface area (Å²) < 4.78 is 3.74. The fraction of sp³-hybridized carbons (Fsp3) is 0. The molecule has 2 rings (SSSR count). The molecule has 0 aliphatic rings. The number of carbonyl (C=O) groups excluding carboxylic acids is 1. The number of nitriles is 1. The second-order valence-corrected chi connectivity index (χ2v) is 2.78. The van der Waals surface area contributed by atoms with E-state index in [0.29, 0.717) is 0 Å². The number of esters is 1. The van der Waals surface area contributed by atoms with Crippen LogP contribution in [0, 0.1) is 11.5 Å². The first-order valence-electron chi connectivity index (χ1n) is 4.52. The van der Waals surface area contributed by atoms with Gasteiger partial charge in [0.25, 0.3) is 6.26 Å². The van der Waals surface area contributed by atoms with Crippen molar-refractivity contribution in [3.63, 3.8) is 0 Å². The molecule has 4 nitrogen and oxygen atoms in total. The summed E-state index contributed by atoms with van der Waals surface area (Å²) in [7, 11) is 0. The van der Waals surface area contributed by atoms with Gasteiger partial charge in [-0.15, -0.1) is 5.26 Å². The number of hydrogen-bond donors (Lipinski definition) is 1. The van der Waals surface area contributed by atoms with Gasteiger partial charge in [0.2, 0.25) is 0 Å². The van der Waals surface area contributed by atoms with Crippen molar-refractivity contribution in [3.8, 4) is 6.26 Å². The molecule has 1 N–H and O–H groups in total. The van der Waals surface area contributed by atoms with Crippen LogP contribution >= 0.6 is 0 Å². The number of benzene rings is 1. The number of aromatic nitrogens is 1. The standard InChI is InChI=1S/C8H7N.C4H3NO2/c1-2-4-8-7(3-1)5-6-9-8;1-2-4(6)7-3-5/h1-6,9H;2H,1H2. The number of hydrogen-bond acceptors (Lipinski definition) is 3. The molecule has 0 amide bonds. The lowest BCUT2D eigenvalue weighted by molar-refractivity contribution is -0.131. The summed E-state index contributed by atoms with van der Waals surface area (Å²) in [5, 5.41) is 8.90. The molecule has 2 aromatic rings. The van der Waals surface area contributed by atoms with Crippen LogP contribution in [0.3, 0.4) is 0 Å². The Morgan fingerprint density at radius 3 is 2.75 bits per heavy atom. The van der Waals surface area contributed by atoms with Gasteiger partial charge in [-0.25, -0.2) is 4.79 Å². The maximum Gasteiger partial charge on any atom is 0.345 e. The average Bonchev–Trinajstić information content (AvgIpc) is 2.78. The number of rotatable bonds is 1. The van der Waals surface area contributed by atoms with E-state index in [4.69, 9.17) is 5.26 Å². The fourth-order valence-electron chi connectivity index (χ4n) is 1.08. The third-order valence-electron chi connectivity index (χ3n) is 1.78. The SMILES string of the molecule is C=CC(=O)OC#N.c1ccc2[nH]ccc2c1. The van der Waals surface area contributed by atoms with Gasteiger partial charge in [-0.1, -0.05) is 24.8 Å². The first-order valence-corrected chi connectivity index (χ1v) is 4.52. The van der Waals surface area contributed by atoms with Crippen LogP contribution in [0.4, 0.5) is 0 Å². The highest BCUT2D eigenvalue weighted by atomic mass is 16.5. The van der Waals surface area contributed by atoms with E-state index >= 15 is 0 Å². The van der Waals surface area contributed by atoms with Crippen molar-refractivity contribution in [1.29, 1.82) is 5.26 Å². The third kappa shape index (κ3) is 3.31. The van der Waals surface area contributed by atoms with Crippen LogP contribution in [-0.2, 0) is 9.53 Å². The van der Waals surface area contributed by atoms with E-state index in [1.807, 2.05) is 18.3 Å². The molecule has 1 aromatic heterocycles. The van der Waals surface area contributed by atoms with E-state index in [9.17, 15) is 4.79 Å². The lowest BCUT2D eigenvalue weighted by Gasteiger charge is -1.83. The van der Waals surface area contributed by atoms with E-state index in [0.717, 1.165) is 6.08 Å². The van der Waals surface area contributed by atoms with E-state index in [1.54, 1.807) is 0 Å². The zero-order chi connectivity index (χ0) is 11.8. The van der Waals surface area contributed by atoms with Crippen molar-refractivity contribution >= 4 is 16.9 Å². The van der Waals surface area contributed by atoms with Crippen molar-refractivity contribution < 1.29 is 9.53 Å². The van der Waals surface area contributed by atoms with Crippen molar-refractivity contribution in [3.05, 3.63) is 49.2 Å². The molecule has 0 unspecified atom stereocenters. The van der Waals surface area contributed by atoms with E-state index < -0.39 is 5.97 Å². The molecule has 1 aromatic carbocycles. The maximum atomic E-state index is 9.85. The van der Waals surface area contributed by atoms with Gasteiger partial charge in [0.15, 0.2) is 0 Å². The number of nitrogens with one attached hydrogen (secondary N) is 1. The Labute approximate surface area is 92.8 Å². The minimum atomic E-state index is -0.720. The predicted molar refractivity (Wildman–Crippen MR) is 60.2 cm³/mol. The highest BCUT2D eigenvalue weighted by molar-refractivity contribution is 5.81. The van der Waals surface area contributed by atoms with Crippen molar-refractivity contribution in [1.82, 2.24) is 4.98 Å². The lowest BCUT2D eigenvalue weighted by Crippen LogP contribution is -1.91. The fourth-order valence-corrected chi connectivity index (χ4v) is 1.08. The summed E-state index contributed by atoms with van der Waals surface area (Å²) in [5.41, 5.74) is 1.21. The van der Waals surface area contributed by atoms with Gasteiger partial charge in [-0.05, 0) is 17.5 Å². The average molecular weight is 214 g/mol. The molecule has 0 saturated carbocycles. The molecule has 0 aliphatic carbocycles. The Morgan fingerprint density at radius 1 is 1.44 bits per heavy atom. The largest absolute Gasteiger partial charge is 0.361 e. The van der Waals surface area contributed by atoms with Crippen LogP contribution in [0.2, 0.25) is 0 Å². The molecular weight excluding hydrogens is 204 g/mol. The molecular formula is C12H10N2O2. The second-order valence-electron chi connectivity index (χ2n) is 2.78. The first kappa shape index (κ1) is 11.5. The Hall–Kier alpha value is -2.54. The normalized spacial score (nSPS) is 8.44. The van der Waals surface area contributed by atoms with Crippen LogP contribution in [0.5, 0.6) is 0 Å². The molecule has 0 spiro atoms. The van der Waals surface area contributed by atoms with Crippen molar-refractivity contribution in [2.24, 2.45) is 0 Å². The van der Waals surface area contributed by atoms with Gasteiger partial charge in [0, 0.05) is 17.8 Å². The van der Waals surface area contributed by atoms with Crippen LogP contribution < -0.4 is 0 Å². The quantitative estimate of drug-likeness (QED) is 0.450. The van der Waals surface area contributed by atoms with E-state index in [-0.39, 0.29) is 0 Å². The number of H-pyrrole nitrogens is 1. The van der Waals surface area contributed by atoms with Gasteiger partial charge in [-0.3, -0.25) is 0 Å². The van der Waals surface area contributed by atoms with E-state index in [1.165, 1.54) is 17.2 Å². The molecule has 0 saturated heterocycles. The van der Waals surface area contributed by atoms with Gasteiger partial charge in [0.05, 0.1) is 0 Å². The predicted octanol–water partition coefficient (Wildman–Crippen LogP) is 2.36. The molecule has 80 valence electrons. The zero-order valence-corrected chi connectivity index (χ0v) is 8.51. The topological polar surface area (TPSA) is 65.9 Å². The summed E-state index contributed by atoms with van der Waals surface area (Å²) >= 11 is 0. The van der Waals surface area contributed by atoms with Crippen molar-refractivity contribution in [2.45, 2.75) is 0 Å². The number of fused-ring (bicyclic) bond motifs is 1. The van der Waals surface area contributed by atoms with Gasteiger partial charge in [0.1, 0.15) is 0 Å². The number of nitrogens with zero attached hydrogens (tertiary/aromatic N) is 1. The van der Waals surface area contributed by atoms with Crippen LogP contribution in [0.15, 0.2) is 49.2 Å². The monoisotopic (exact) mass is 214 g/mol. The van der Waals surface area contributed by atoms with Gasteiger partial charge >= 0.3 is 5.97 Å². The minimum absolute atomic E-state index is 0.720. The van der Waals surface area contributed by atoms with Crippen LogP contribution in [0.25, 0.3) is 10.9 Å². The molecule has 0 aliphatic heterocycles. The Bertz CT molecular complexity index is 493. The Kier molecular flexibility index (Phi) is 4.35. The molecule has 0 bridgehead atoms. The number of ether oxygens (including phenoxy) is 1. The minimum Gasteiger partial charge on any atom is -0.361 e. The summed E-state index contributed by atoms with van der Waals surface area (Å²) in [6, 6.07) is 10.3. The zero-order valence-electron chi connectivity index (χ0n) is 8.51. The summed E-state index contributed by atoms with van der Waals surface area (Å²) in [5.74, 6) is -0.720. The molecule has 4 heteroatoms. The first-order chi connectivity index (χ1) is 7.77. The van der Waals surface area contributed by atoms with Gasteiger partial charge in [-0.2, -0.15) is 0 Å². The second kappa shape index (κ2) is 6.04. The van der Waals surface area contributed by atoms with Crippen LogP contribution in [-0.4, -0.2) is 11.0 Å². The summed E-state index contributed by atoms with van der Waals surface area (Å²) in [4.78, 5) is 13.0. The van der Waals surface area contributed by atoms with E-state index in [2.05, 4.69) is 34.5 Å². The maximum absolute atomic E-state index is 9.85.